The number of amides is 2. The molecule has 0 radical (unpaired) electrons. The third kappa shape index (κ3) is 4.40. The van der Waals surface area contributed by atoms with Gasteiger partial charge in [0.15, 0.2) is 6.10 Å². The maximum Gasteiger partial charge on any atom is 0.265 e. The lowest BCUT2D eigenvalue weighted by atomic mass is 10.1. The molecule has 33 heavy (non-hydrogen) atoms. The van der Waals surface area contributed by atoms with Gasteiger partial charge in [-0.05, 0) is 44.5 Å². The van der Waals surface area contributed by atoms with Gasteiger partial charge in [0.1, 0.15) is 11.5 Å². The predicted molar refractivity (Wildman–Crippen MR) is 122 cm³/mol. The number of fused-ring (bicyclic) bond motifs is 1. The first-order valence-electron chi connectivity index (χ1n) is 10.9. The van der Waals surface area contributed by atoms with Crippen molar-refractivity contribution in [3.8, 4) is 11.5 Å². The van der Waals surface area contributed by atoms with Gasteiger partial charge >= 0.3 is 0 Å². The third-order valence-electron chi connectivity index (χ3n) is 5.77. The van der Waals surface area contributed by atoms with Crippen LogP contribution in [0.2, 0.25) is 0 Å². The summed E-state index contributed by atoms with van der Waals surface area (Å²) in [6.07, 6.45) is -0.704. The number of ether oxygens (including phenoxy) is 2. The van der Waals surface area contributed by atoms with Crippen LogP contribution in [0.1, 0.15) is 29.8 Å². The number of nitrogens with one attached hydrogen (secondary N) is 1. The summed E-state index contributed by atoms with van der Waals surface area (Å²) in [4.78, 5) is 26.6. The number of carbonyl (C=O) groups excluding carboxylic acids is 2. The highest BCUT2D eigenvalue weighted by molar-refractivity contribution is 7.89. The summed E-state index contributed by atoms with van der Waals surface area (Å²) < 4.78 is 39.3. The van der Waals surface area contributed by atoms with E-state index in [9.17, 15) is 18.0 Å². The SMILES string of the molecule is CCOc1ccccc1C(=O)N1CCN(S(=O)(=O)c2cc3c(cc2C)NC(=O)C(C)O3)CC1. The molecule has 2 aromatic carbocycles. The summed E-state index contributed by atoms with van der Waals surface area (Å²) in [5.41, 5.74) is 1.43. The molecule has 2 aliphatic rings. The Hall–Kier alpha value is -3.11. The minimum Gasteiger partial charge on any atom is -0.493 e. The number of anilines is 1. The number of rotatable bonds is 5. The van der Waals surface area contributed by atoms with Crippen molar-refractivity contribution in [2.75, 3.05) is 38.1 Å². The Morgan fingerprint density at radius 2 is 1.88 bits per heavy atom. The molecule has 0 spiro atoms. The molecular formula is C23H27N3O6S. The molecule has 2 aromatic rings. The van der Waals surface area contributed by atoms with E-state index in [1.807, 2.05) is 13.0 Å². The second-order valence-electron chi connectivity index (χ2n) is 7.99. The Labute approximate surface area is 193 Å². The van der Waals surface area contributed by atoms with Crippen LogP contribution in [0.4, 0.5) is 5.69 Å². The summed E-state index contributed by atoms with van der Waals surface area (Å²) in [5.74, 6) is 0.391. The van der Waals surface area contributed by atoms with Crippen molar-refractivity contribution in [3.05, 3.63) is 47.5 Å². The van der Waals surface area contributed by atoms with Gasteiger partial charge in [0, 0.05) is 32.2 Å². The van der Waals surface area contributed by atoms with E-state index in [1.165, 1.54) is 10.4 Å². The summed E-state index contributed by atoms with van der Waals surface area (Å²) >= 11 is 0. The van der Waals surface area contributed by atoms with Crippen LogP contribution >= 0.6 is 0 Å². The number of piperazine rings is 1. The van der Waals surface area contributed by atoms with Crippen molar-refractivity contribution in [1.82, 2.24) is 9.21 Å². The number of sulfonamides is 1. The van der Waals surface area contributed by atoms with E-state index in [2.05, 4.69) is 5.32 Å². The highest BCUT2D eigenvalue weighted by Crippen LogP contribution is 2.35. The van der Waals surface area contributed by atoms with Gasteiger partial charge in [-0.1, -0.05) is 12.1 Å². The van der Waals surface area contributed by atoms with Gasteiger partial charge in [-0.3, -0.25) is 9.59 Å². The average molecular weight is 474 g/mol. The zero-order chi connectivity index (χ0) is 23.8. The molecule has 1 saturated heterocycles. The molecule has 0 aromatic heterocycles. The molecule has 2 amide bonds. The van der Waals surface area contributed by atoms with Crippen LogP contribution in [0, 0.1) is 6.92 Å². The Morgan fingerprint density at radius 1 is 1.18 bits per heavy atom. The van der Waals surface area contributed by atoms with Crippen LogP contribution in [0.25, 0.3) is 0 Å². The van der Waals surface area contributed by atoms with E-state index in [4.69, 9.17) is 9.47 Å². The van der Waals surface area contributed by atoms with Gasteiger partial charge in [0.2, 0.25) is 10.0 Å². The van der Waals surface area contributed by atoms with Crippen LogP contribution < -0.4 is 14.8 Å². The fraction of sp³-hybridized carbons (Fsp3) is 0.391. The van der Waals surface area contributed by atoms with E-state index < -0.39 is 16.1 Å². The Kier molecular flexibility index (Phi) is 6.31. The molecule has 2 heterocycles. The molecule has 0 saturated carbocycles. The lowest BCUT2D eigenvalue weighted by Gasteiger charge is -2.34. The maximum absolute atomic E-state index is 13.4. The van der Waals surface area contributed by atoms with Gasteiger partial charge < -0.3 is 19.7 Å². The normalized spacial score (nSPS) is 18.8. The monoisotopic (exact) mass is 473 g/mol. The number of aryl methyl sites for hydroxylation is 1. The summed E-state index contributed by atoms with van der Waals surface area (Å²) in [6, 6.07) is 10.1. The lowest BCUT2D eigenvalue weighted by molar-refractivity contribution is -0.122. The van der Waals surface area contributed by atoms with Gasteiger partial charge in [0.25, 0.3) is 11.8 Å². The number of hydrogen-bond acceptors (Lipinski definition) is 6. The average Bonchev–Trinajstić information content (AvgIpc) is 2.80. The molecule has 2 aliphatic heterocycles. The van der Waals surface area contributed by atoms with Crippen molar-refractivity contribution in [2.45, 2.75) is 31.8 Å². The van der Waals surface area contributed by atoms with E-state index in [1.54, 1.807) is 43.0 Å². The van der Waals surface area contributed by atoms with Gasteiger partial charge in [-0.2, -0.15) is 4.31 Å². The molecular weight excluding hydrogens is 446 g/mol. The molecule has 4 rings (SSSR count). The summed E-state index contributed by atoms with van der Waals surface area (Å²) in [6.45, 7) is 6.48. The molecule has 9 nitrogen and oxygen atoms in total. The van der Waals surface area contributed by atoms with E-state index >= 15 is 0 Å². The van der Waals surface area contributed by atoms with Crippen molar-refractivity contribution >= 4 is 27.5 Å². The van der Waals surface area contributed by atoms with E-state index in [0.29, 0.717) is 34.9 Å². The van der Waals surface area contributed by atoms with Crippen molar-refractivity contribution in [3.63, 3.8) is 0 Å². The third-order valence-corrected chi connectivity index (χ3v) is 7.81. The zero-order valence-electron chi connectivity index (χ0n) is 18.8. The highest BCUT2D eigenvalue weighted by Gasteiger charge is 2.34. The number of nitrogens with zero attached hydrogens (tertiary/aromatic N) is 2. The van der Waals surface area contributed by atoms with Crippen molar-refractivity contribution in [1.29, 1.82) is 0 Å². The second kappa shape index (κ2) is 9.03. The largest absolute Gasteiger partial charge is 0.493 e. The summed E-state index contributed by atoms with van der Waals surface area (Å²) in [5, 5.41) is 2.73. The topological polar surface area (TPSA) is 105 Å². The first-order valence-corrected chi connectivity index (χ1v) is 12.3. The Bertz CT molecular complexity index is 1190. The Balaban J connectivity index is 1.51. The fourth-order valence-electron chi connectivity index (χ4n) is 3.99. The minimum absolute atomic E-state index is 0.131. The van der Waals surface area contributed by atoms with Crippen LogP contribution in [0.15, 0.2) is 41.3 Å². The lowest BCUT2D eigenvalue weighted by Crippen LogP contribution is -2.50. The van der Waals surface area contributed by atoms with Crippen molar-refractivity contribution < 1.29 is 27.5 Å². The quantitative estimate of drug-likeness (QED) is 0.714. The molecule has 10 heteroatoms. The van der Waals surface area contributed by atoms with E-state index in [-0.39, 0.29) is 42.9 Å². The molecule has 1 N–H and O–H groups in total. The van der Waals surface area contributed by atoms with Gasteiger partial charge in [0.05, 0.1) is 22.8 Å². The molecule has 1 fully saturated rings. The maximum atomic E-state index is 13.4. The first-order chi connectivity index (χ1) is 15.7. The molecule has 1 unspecified atom stereocenters. The zero-order valence-corrected chi connectivity index (χ0v) is 19.6. The van der Waals surface area contributed by atoms with Gasteiger partial charge in [-0.15, -0.1) is 0 Å². The molecule has 1 atom stereocenters. The second-order valence-corrected chi connectivity index (χ2v) is 9.90. The number of carbonyl (C=O) groups is 2. The minimum atomic E-state index is -3.81. The molecule has 0 bridgehead atoms. The van der Waals surface area contributed by atoms with E-state index in [0.717, 1.165) is 0 Å². The highest BCUT2D eigenvalue weighted by atomic mass is 32.2. The number of hydrogen-bond donors (Lipinski definition) is 1. The Morgan fingerprint density at radius 3 is 2.58 bits per heavy atom. The van der Waals surface area contributed by atoms with Gasteiger partial charge in [-0.25, -0.2) is 8.42 Å². The molecule has 176 valence electrons. The first kappa shape index (κ1) is 23.1. The van der Waals surface area contributed by atoms with Crippen LogP contribution in [0.3, 0.4) is 0 Å². The standard InChI is InChI=1S/C23H27N3O6S/c1-4-31-19-8-6-5-7-17(19)23(28)25-9-11-26(12-10-25)33(29,30)21-14-20-18(13-15(21)2)24-22(27)16(3)32-20/h5-8,13-14,16H,4,9-12H2,1-3H3,(H,24,27). The predicted octanol–water partition coefficient (Wildman–Crippen LogP) is 2.26. The van der Waals surface area contributed by atoms with Crippen molar-refractivity contribution in [2.24, 2.45) is 0 Å². The number of benzene rings is 2. The molecule has 0 aliphatic carbocycles. The fourth-order valence-corrected chi connectivity index (χ4v) is 5.63. The van der Waals surface area contributed by atoms with Crippen LogP contribution in [-0.4, -0.2) is 68.3 Å². The van der Waals surface area contributed by atoms with Crippen LogP contribution in [-0.2, 0) is 14.8 Å². The van der Waals surface area contributed by atoms with Crippen LogP contribution in [0.5, 0.6) is 11.5 Å². The summed E-state index contributed by atoms with van der Waals surface area (Å²) in [7, 11) is -3.81. The number of para-hydroxylation sites is 1. The smallest absolute Gasteiger partial charge is 0.265 e.